The number of thiophene rings is 1. The monoisotopic (exact) mass is 331 g/mol. The zero-order chi connectivity index (χ0) is 16.8. The molecule has 0 aliphatic carbocycles. The second-order valence-electron chi connectivity index (χ2n) is 5.25. The van der Waals surface area contributed by atoms with Crippen LogP contribution in [0.15, 0.2) is 30.3 Å². The van der Waals surface area contributed by atoms with Crippen LogP contribution in [-0.4, -0.2) is 19.0 Å². The molecular weight excluding hydrogens is 310 g/mol. The van der Waals surface area contributed by atoms with E-state index in [0.717, 1.165) is 28.8 Å². The van der Waals surface area contributed by atoms with Crippen LogP contribution in [0.2, 0.25) is 0 Å². The minimum absolute atomic E-state index is 0.0714. The summed E-state index contributed by atoms with van der Waals surface area (Å²) in [5, 5.41) is 3.43. The SMILES string of the molecule is CCCCC(=O)Nc1sc(C)c(-c2ccccc2)c1C(=O)OC. The van der Waals surface area contributed by atoms with E-state index in [1.54, 1.807) is 0 Å². The summed E-state index contributed by atoms with van der Waals surface area (Å²) in [5.74, 6) is -0.503. The molecule has 23 heavy (non-hydrogen) atoms. The Balaban J connectivity index is 2.44. The average Bonchev–Trinajstić information content (AvgIpc) is 2.88. The van der Waals surface area contributed by atoms with Gasteiger partial charge in [0.2, 0.25) is 5.91 Å². The van der Waals surface area contributed by atoms with Gasteiger partial charge in [-0.1, -0.05) is 43.7 Å². The van der Waals surface area contributed by atoms with E-state index in [1.165, 1.54) is 18.4 Å². The van der Waals surface area contributed by atoms with Crippen LogP contribution in [0.5, 0.6) is 0 Å². The molecule has 2 rings (SSSR count). The highest BCUT2D eigenvalue weighted by Crippen LogP contribution is 2.40. The van der Waals surface area contributed by atoms with Crippen LogP contribution in [0, 0.1) is 6.92 Å². The van der Waals surface area contributed by atoms with Crippen LogP contribution >= 0.6 is 11.3 Å². The van der Waals surface area contributed by atoms with Gasteiger partial charge in [0.05, 0.1) is 7.11 Å². The highest BCUT2D eigenvalue weighted by Gasteiger charge is 2.24. The number of anilines is 1. The normalized spacial score (nSPS) is 10.4. The van der Waals surface area contributed by atoms with Crippen molar-refractivity contribution >= 4 is 28.2 Å². The smallest absolute Gasteiger partial charge is 0.341 e. The largest absolute Gasteiger partial charge is 0.465 e. The van der Waals surface area contributed by atoms with Gasteiger partial charge in [-0.2, -0.15) is 0 Å². The molecule has 4 nitrogen and oxygen atoms in total. The number of methoxy groups -OCH3 is 1. The first-order valence-corrected chi connectivity index (χ1v) is 8.47. The molecule has 0 bridgehead atoms. The highest BCUT2D eigenvalue weighted by molar-refractivity contribution is 7.17. The van der Waals surface area contributed by atoms with Crippen molar-refractivity contribution in [2.45, 2.75) is 33.1 Å². The van der Waals surface area contributed by atoms with Gasteiger partial charge in [-0.3, -0.25) is 4.79 Å². The molecule has 0 aliphatic heterocycles. The number of carbonyl (C=O) groups is 2. The van der Waals surface area contributed by atoms with Gasteiger partial charge in [0, 0.05) is 16.9 Å². The van der Waals surface area contributed by atoms with E-state index in [0.29, 0.717) is 17.0 Å². The number of carbonyl (C=O) groups excluding carboxylic acids is 2. The summed E-state index contributed by atoms with van der Waals surface area (Å²) in [6, 6.07) is 9.67. The molecule has 1 aromatic heterocycles. The standard InChI is InChI=1S/C18H21NO3S/c1-4-5-11-14(20)19-17-16(18(21)22-3)15(12(2)23-17)13-9-7-6-8-10-13/h6-10H,4-5,11H2,1-3H3,(H,19,20). The number of ether oxygens (including phenoxy) is 1. The number of unbranched alkanes of at least 4 members (excludes halogenated alkanes) is 1. The number of rotatable bonds is 6. The fourth-order valence-electron chi connectivity index (χ4n) is 2.41. The Morgan fingerprint density at radius 1 is 1.22 bits per heavy atom. The van der Waals surface area contributed by atoms with Gasteiger partial charge in [-0.25, -0.2) is 4.79 Å². The average molecular weight is 331 g/mol. The van der Waals surface area contributed by atoms with Crippen molar-refractivity contribution in [3.05, 3.63) is 40.8 Å². The Morgan fingerprint density at radius 2 is 1.91 bits per heavy atom. The first-order valence-electron chi connectivity index (χ1n) is 7.65. The molecule has 1 amide bonds. The molecule has 5 heteroatoms. The number of esters is 1. The molecule has 1 heterocycles. The second-order valence-corrected chi connectivity index (χ2v) is 6.47. The summed E-state index contributed by atoms with van der Waals surface area (Å²) in [6.45, 7) is 3.98. The summed E-state index contributed by atoms with van der Waals surface area (Å²) in [7, 11) is 1.35. The molecule has 2 aromatic rings. The lowest BCUT2D eigenvalue weighted by molar-refractivity contribution is -0.116. The number of benzene rings is 1. The molecule has 0 spiro atoms. The van der Waals surface area contributed by atoms with Crippen molar-refractivity contribution in [2.24, 2.45) is 0 Å². The first-order chi connectivity index (χ1) is 11.1. The van der Waals surface area contributed by atoms with E-state index in [-0.39, 0.29) is 5.91 Å². The van der Waals surface area contributed by atoms with Gasteiger partial charge in [-0.05, 0) is 18.9 Å². The van der Waals surface area contributed by atoms with Crippen molar-refractivity contribution in [3.8, 4) is 11.1 Å². The topological polar surface area (TPSA) is 55.4 Å². The number of hydrogen-bond acceptors (Lipinski definition) is 4. The van der Waals surface area contributed by atoms with Crippen LogP contribution in [-0.2, 0) is 9.53 Å². The van der Waals surface area contributed by atoms with Crippen LogP contribution < -0.4 is 5.32 Å². The Morgan fingerprint density at radius 3 is 2.52 bits per heavy atom. The fraction of sp³-hybridized carbons (Fsp3) is 0.333. The molecule has 0 atom stereocenters. The molecule has 0 saturated carbocycles. The van der Waals surface area contributed by atoms with Crippen molar-refractivity contribution < 1.29 is 14.3 Å². The van der Waals surface area contributed by atoms with Gasteiger partial charge in [0.25, 0.3) is 0 Å². The van der Waals surface area contributed by atoms with E-state index in [9.17, 15) is 9.59 Å². The zero-order valence-electron chi connectivity index (χ0n) is 13.6. The third-order valence-electron chi connectivity index (χ3n) is 3.55. The Kier molecular flexibility index (Phi) is 5.93. The van der Waals surface area contributed by atoms with Crippen molar-refractivity contribution in [1.82, 2.24) is 0 Å². The maximum Gasteiger partial charge on any atom is 0.341 e. The lowest BCUT2D eigenvalue weighted by Gasteiger charge is -2.08. The lowest BCUT2D eigenvalue weighted by atomic mass is 10.0. The van der Waals surface area contributed by atoms with Gasteiger partial charge >= 0.3 is 5.97 Å². The predicted molar refractivity (Wildman–Crippen MR) is 94.0 cm³/mol. The molecule has 0 unspecified atom stereocenters. The quantitative estimate of drug-likeness (QED) is 0.785. The van der Waals surface area contributed by atoms with Crippen LogP contribution in [0.1, 0.15) is 41.4 Å². The maximum absolute atomic E-state index is 12.3. The van der Waals surface area contributed by atoms with Gasteiger partial charge in [0.15, 0.2) is 0 Å². The maximum atomic E-state index is 12.3. The summed E-state index contributed by atoms with van der Waals surface area (Å²) in [5.41, 5.74) is 2.20. The fourth-order valence-corrected chi connectivity index (χ4v) is 3.49. The molecule has 1 aromatic carbocycles. The summed E-state index contributed by atoms with van der Waals surface area (Å²) in [6.07, 6.45) is 2.24. The Labute approximate surface area is 140 Å². The van der Waals surface area contributed by atoms with Gasteiger partial charge in [0.1, 0.15) is 10.6 Å². The lowest BCUT2D eigenvalue weighted by Crippen LogP contribution is -2.13. The number of hydrogen-bond donors (Lipinski definition) is 1. The summed E-state index contributed by atoms with van der Waals surface area (Å²) in [4.78, 5) is 25.3. The predicted octanol–water partition coefficient (Wildman–Crippen LogP) is 4.64. The van der Waals surface area contributed by atoms with E-state index >= 15 is 0 Å². The zero-order valence-corrected chi connectivity index (χ0v) is 14.5. The minimum Gasteiger partial charge on any atom is -0.465 e. The number of aryl methyl sites for hydroxylation is 1. The van der Waals surface area contributed by atoms with Crippen LogP contribution in [0.4, 0.5) is 5.00 Å². The molecule has 0 radical (unpaired) electrons. The van der Waals surface area contributed by atoms with Gasteiger partial charge < -0.3 is 10.1 Å². The third-order valence-corrected chi connectivity index (χ3v) is 4.57. The molecule has 122 valence electrons. The van der Waals surface area contributed by atoms with Crippen LogP contribution in [0.3, 0.4) is 0 Å². The number of nitrogens with one attached hydrogen (secondary N) is 1. The van der Waals surface area contributed by atoms with E-state index in [4.69, 9.17) is 4.74 Å². The van der Waals surface area contributed by atoms with Gasteiger partial charge in [-0.15, -0.1) is 11.3 Å². The van der Waals surface area contributed by atoms with E-state index in [2.05, 4.69) is 5.32 Å². The van der Waals surface area contributed by atoms with Crippen molar-refractivity contribution in [1.29, 1.82) is 0 Å². The molecule has 0 saturated heterocycles. The summed E-state index contributed by atoms with van der Waals surface area (Å²) >= 11 is 1.41. The second kappa shape index (κ2) is 7.92. The summed E-state index contributed by atoms with van der Waals surface area (Å²) < 4.78 is 4.93. The Bertz CT molecular complexity index is 692. The van der Waals surface area contributed by atoms with Crippen molar-refractivity contribution in [3.63, 3.8) is 0 Å². The van der Waals surface area contributed by atoms with Crippen LogP contribution in [0.25, 0.3) is 11.1 Å². The molecule has 0 fully saturated rings. The minimum atomic E-state index is -0.431. The van der Waals surface area contributed by atoms with E-state index < -0.39 is 5.97 Å². The molecule has 1 N–H and O–H groups in total. The van der Waals surface area contributed by atoms with Crippen molar-refractivity contribution in [2.75, 3.05) is 12.4 Å². The Hall–Kier alpha value is -2.14. The third kappa shape index (κ3) is 3.99. The first kappa shape index (κ1) is 17.2. The molecular formula is C18H21NO3S. The highest BCUT2D eigenvalue weighted by atomic mass is 32.1. The molecule has 0 aliphatic rings. The number of amides is 1. The van der Waals surface area contributed by atoms with E-state index in [1.807, 2.05) is 44.2 Å².